The highest BCUT2D eigenvalue weighted by Crippen LogP contribution is 2.24. The highest BCUT2D eigenvalue weighted by atomic mass is 35.5. The molecule has 0 saturated carbocycles. The zero-order valence-electron chi connectivity index (χ0n) is 21.3. The molecule has 2 heterocycles. The van der Waals surface area contributed by atoms with Gasteiger partial charge in [-0.05, 0) is 68.3 Å². The summed E-state index contributed by atoms with van der Waals surface area (Å²) in [7, 11) is 0. The fraction of sp³-hybridized carbons (Fsp3) is 0.367. The second-order valence-corrected chi connectivity index (χ2v) is 9.76. The number of amides is 1. The van der Waals surface area contributed by atoms with Crippen LogP contribution in [0.1, 0.15) is 56.3 Å². The van der Waals surface area contributed by atoms with Crippen molar-refractivity contribution in [3.05, 3.63) is 76.5 Å². The van der Waals surface area contributed by atoms with E-state index in [0.29, 0.717) is 22.8 Å². The van der Waals surface area contributed by atoms with Gasteiger partial charge in [-0.2, -0.15) is 5.26 Å². The molecule has 37 heavy (non-hydrogen) atoms. The zero-order valence-corrected chi connectivity index (χ0v) is 22.0. The van der Waals surface area contributed by atoms with Gasteiger partial charge in [0, 0.05) is 11.9 Å². The topological polar surface area (TPSA) is 78.2 Å². The molecule has 1 atom stereocenters. The van der Waals surface area contributed by atoms with Crippen molar-refractivity contribution in [2.75, 3.05) is 26.2 Å². The van der Waals surface area contributed by atoms with Gasteiger partial charge in [0.2, 0.25) is 0 Å². The number of hydrogen-bond acceptors (Lipinski definition) is 5. The fourth-order valence-corrected chi connectivity index (χ4v) is 4.85. The molecular weight excluding hydrogens is 484 g/mol. The average Bonchev–Trinajstić information content (AvgIpc) is 2.93. The Kier molecular flexibility index (Phi) is 9.53. The minimum Gasteiger partial charge on any atom is -0.492 e. The van der Waals surface area contributed by atoms with Crippen LogP contribution in [0.25, 0.3) is 17.0 Å². The zero-order chi connectivity index (χ0) is 26.0. The van der Waals surface area contributed by atoms with E-state index in [2.05, 4.69) is 22.1 Å². The van der Waals surface area contributed by atoms with E-state index in [4.69, 9.17) is 16.3 Å². The van der Waals surface area contributed by atoms with Crippen LogP contribution in [0.3, 0.4) is 0 Å². The molecule has 1 fully saturated rings. The number of likely N-dealkylation sites (tertiary alicyclic amines) is 1. The van der Waals surface area contributed by atoms with Gasteiger partial charge in [-0.25, -0.2) is 4.98 Å². The van der Waals surface area contributed by atoms with Crippen LogP contribution < -0.4 is 10.1 Å². The molecule has 0 radical (unpaired) electrons. The number of fused-ring (bicyclic) bond motifs is 1. The number of aromatic nitrogens is 1. The molecule has 7 heteroatoms. The van der Waals surface area contributed by atoms with E-state index >= 15 is 0 Å². The Hall–Kier alpha value is -3.40. The number of nitriles is 1. The number of nitrogens with zero attached hydrogens (tertiary/aromatic N) is 3. The number of rotatable bonds is 10. The Morgan fingerprint density at radius 3 is 2.68 bits per heavy atom. The lowest BCUT2D eigenvalue weighted by Crippen LogP contribution is -2.33. The molecule has 4 rings (SSSR count). The predicted molar refractivity (Wildman–Crippen MR) is 148 cm³/mol. The summed E-state index contributed by atoms with van der Waals surface area (Å²) in [6.45, 7) is 5.99. The Balaban J connectivity index is 1.40. The van der Waals surface area contributed by atoms with Gasteiger partial charge in [0.05, 0.1) is 22.3 Å². The molecule has 1 saturated heterocycles. The number of carbonyl (C=O) groups is 1. The summed E-state index contributed by atoms with van der Waals surface area (Å²) < 4.78 is 5.95. The average molecular weight is 517 g/mol. The number of ether oxygens (including phenoxy) is 1. The molecular formula is C30H33ClN4O2. The Bertz CT molecular complexity index is 1280. The van der Waals surface area contributed by atoms with Crippen LogP contribution in [0.4, 0.5) is 0 Å². The first-order chi connectivity index (χ1) is 18.1. The number of nitrogens with one attached hydrogen (secondary N) is 1. The van der Waals surface area contributed by atoms with Crippen molar-refractivity contribution in [1.29, 1.82) is 5.26 Å². The molecule has 2 aromatic carbocycles. The molecule has 1 amide bonds. The summed E-state index contributed by atoms with van der Waals surface area (Å²) in [5.41, 5.74) is 2.12. The first kappa shape index (κ1) is 26.7. The number of pyridine rings is 1. The Morgan fingerprint density at radius 2 is 1.95 bits per heavy atom. The van der Waals surface area contributed by atoms with Crippen LogP contribution in [0, 0.1) is 11.3 Å². The van der Waals surface area contributed by atoms with Gasteiger partial charge >= 0.3 is 0 Å². The van der Waals surface area contributed by atoms with Crippen molar-refractivity contribution in [2.45, 2.75) is 45.1 Å². The van der Waals surface area contributed by atoms with Gasteiger partial charge in [0.25, 0.3) is 5.91 Å². The van der Waals surface area contributed by atoms with E-state index in [-0.39, 0.29) is 11.6 Å². The maximum atomic E-state index is 13.0. The second-order valence-electron chi connectivity index (χ2n) is 9.35. The molecule has 1 unspecified atom stereocenters. The van der Waals surface area contributed by atoms with E-state index in [9.17, 15) is 10.1 Å². The molecule has 0 spiro atoms. The summed E-state index contributed by atoms with van der Waals surface area (Å²) in [6.07, 6.45) is 7.01. The van der Waals surface area contributed by atoms with Crippen molar-refractivity contribution in [2.24, 2.45) is 0 Å². The molecule has 0 bridgehead atoms. The summed E-state index contributed by atoms with van der Waals surface area (Å²) in [5.74, 6) is 0.393. The van der Waals surface area contributed by atoms with E-state index in [1.165, 1.54) is 25.3 Å². The van der Waals surface area contributed by atoms with Crippen LogP contribution in [0.15, 0.2) is 60.2 Å². The molecule has 192 valence electrons. The smallest absolute Gasteiger partial charge is 0.262 e. The molecule has 1 aromatic heterocycles. The third-order valence-corrected chi connectivity index (χ3v) is 6.94. The number of benzene rings is 2. The Labute approximate surface area is 223 Å². The lowest BCUT2D eigenvalue weighted by Gasteiger charge is -2.26. The highest BCUT2D eigenvalue weighted by molar-refractivity contribution is 6.35. The molecule has 1 N–H and O–H groups in total. The van der Waals surface area contributed by atoms with Crippen LogP contribution in [0.2, 0.25) is 5.02 Å². The van der Waals surface area contributed by atoms with Crippen LogP contribution in [0.5, 0.6) is 5.75 Å². The molecule has 1 aliphatic rings. The van der Waals surface area contributed by atoms with E-state index in [0.717, 1.165) is 49.2 Å². The monoisotopic (exact) mass is 516 g/mol. The van der Waals surface area contributed by atoms with Gasteiger partial charge in [-0.1, -0.05) is 61.7 Å². The van der Waals surface area contributed by atoms with Crippen molar-refractivity contribution in [3.8, 4) is 11.8 Å². The van der Waals surface area contributed by atoms with Gasteiger partial charge in [0.15, 0.2) is 0 Å². The SMILES string of the molecule is CCCC(NC(=O)C(C#N)=Cc1ccc2cccc(Cl)c2n1)c1ccc(OCCN2CCCCC2)cc1. The van der Waals surface area contributed by atoms with Gasteiger partial charge < -0.3 is 10.1 Å². The largest absolute Gasteiger partial charge is 0.492 e. The van der Waals surface area contributed by atoms with Crippen molar-refractivity contribution in [1.82, 2.24) is 15.2 Å². The molecule has 1 aliphatic heterocycles. The quantitative estimate of drug-likeness (QED) is 0.252. The molecule has 0 aliphatic carbocycles. The van der Waals surface area contributed by atoms with E-state index in [1.54, 1.807) is 12.1 Å². The lowest BCUT2D eigenvalue weighted by molar-refractivity contribution is -0.117. The summed E-state index contributed by atoms with van der Waals surface area (Å²) in [4.78, 5) is 20.0. The summed E-state index contributed by atoms with van der Waals surface area (Å²) in [5, 5.41) is 14.2. The van der Waals surface area contributed by atoms with Gasteiger partial charge in [-0.3, -0.25) is 9.69 Å². The second kappa shape index (κ2) is 13.2. The van der Waals surface area contributed by atoms with Crippen molar-refractivity contribution in [3.63, 3.8) is 0 Å². The minimum atomic E-state index is -0.427. The van der Waals surface area contributed by atoms with Crippen LogP contribution >= 0.6 is 11.6 Å². The number of para-hydroxylation sites is 1. The van der Waals surface area contributed by atoms with E-state index < -0.39 is 5.91 Å². The fourth-order valence-electron chi connectivity index (χ4n) is 4.62. The maximum absolute atomic E-state index is 13.0. The minimum absolute atomic E-state index is 0.00215. The van der Waals surface area contributed by atoms with Gasteiger partial charge in [-0.15, -0.1) is 0 Å². The number of halogens is 1. The number of carbonyl (C=O) groups excluding carboxylic acids is 1. The summed E-state index contributed by atoms with van der Waals surface area (Å²) in [6, 6.07) is 18.9. The highest BCUT2D eigenvalue weighted by Gasteiger charge is 2.18. The van der Waals surface area contributed by atoms with Crippen molar-refractivity contribution < 1.29 is 9.53 Å². The number of hydrogen-bond donors (Lipinski definition) is 1. The standard InChI is InChI=1S/C30H33ClN4O2/c1-2-7-28(22-11-14-26(15-12-22)37-19-18-35-16-4-3-5-17-35)34-30(36)24(21-32)20-25-13-10-23-8-6-9-27(31)29(23)33-25/h6,8-15,20,28H,2-5,7,16-19H2,1H3,(H,34,36). The van der Waals surface area contributed by atoms with Gasteiger partial charge in [0.1, 0.15) is 24.0 Å². The summed E-state index contributed by atoms with van der Waals surface area (Å²) >= 11 is 6.27. The molecule has 3 aromatic rings. The first-order valence-electron chi connectivity index (χ1n) is 13.0. The Morgan fingerprint density at radius 1 is 1.16 bits per heavy atom. The van der Waals surface area contributed by atoms with Crippen LogP contribution in [-0.4, -0.2) is 42.0 Å². The van der Waals surface area contributed by atoms with E-state index in [1.807, 2.05) is 48.5 Å². The number of piperidine rings is 1. The van der Waals surface area contributed by atoms with Crippen molar-refractivity contribution >= 4 is 34.5 Å². The van der Waals surface area contributed by atoms with Crippen LogP contribution in [-0.2, 0) is 4.79 Å². The maximum Gasteiger partial charge on any atom is 0.262 e. The third kappa shape index (κ3) is 7.31. The normalized spacial score (nSPS) is 15.2. The first-order valence-corrected chi connectivity index (χ1v) is 13.4. The predicted octanol–water partition coefficient (Wildman–Crippen LogP) is 6.32. The third-order valence-electron chi connectivity index (χ3n) is 6.64. The lowest BCUT2D eigenvalue weighted by atomic mass is 10.0. The molecule has 6 nitrogen and oxygen atoms in total.